The molecule has 24 heavy (non-hydrogen) atoms. The zero-order chi connectivity index (χ0) is 17.1. The fraction of sp³-hybridized carbons (Fsp3) is 0.353. The highest BCUT2D eigenvalue weighted by atomic mass is 16.5. The minimum atomic E-state index is -0.952. The van der Waals surface area contributed by atoms with Crippen molar-refractivity contribution in [3.63, 3.8) is 0 Å². The Labute approximate surface area is 139 Å². The van der Waals surface area contributed by atoms with Gasteiger partial charge in [-0.15, -0.1) is 0 Å². The first-order valence-electron chi connectivity index (χ1n) is 7.77. The van der Waals surface area contributed by atoms with E-state index in [2.05, 4.69) is 5.10 Å². The fourth-order valence-corrected chi connectivity index (χ4v) is 2.91. The zero-order valence-corrected chi connectivity index (χ0v) is 13.4. The third-order valence-electron chi connectivity index (χ3n) is 4.18. The van der Waals surface area contributed by atoms with E-state index in [1.165, 1.54) is 11.1 Å². The Kier molecular flexibility index (Phi) is 4.50. The van der Waals surface area contributed by atoms with Gasteiger partial charge in [-0.2, -0.15) is 5.10 Å². The Morgan fingerprint density at radius 3 is 2.75 bits per heavy atom. The zero-order valence-electron chi connectivity index (χ0n) is 13.4. The van der Waals surface area contributed by atoms with E-state index in [-0.39, 0.29) is 5.91 Å². The highest BCUT2D eigenvalue weighted by molar-refractivity contribution is 5.96. The molecule has 1 amide bonds. The van der Waals surface area contributed by atoms with Crippen LogP contribution in [0.4, 0.5) is 0 Å². The number of benzene rings is 1. The maximum Gasteiger partial charge on any atom is 0.326 e. The molecule has 1 aliphatic heterocycles. The number of aromatic nitrogens is 2. The summed E-state index contributed by atoms with van der Waals surface area (Å²) in [5.74, 6) is -0.448. The number of aliphatic carboxylic acids is 1. The molecule has 0 radical (unpaired) electrons. The third-order valence-corrected chi connectivity index (χ3v) is 4.18. The number of amides is 1. The Hall–Kier alpha value is -2.83. The van der Waals surface area contributed by atoms with E-state index in [1.807, 2.05) is 24.3 Å². The van der Waals surface area contributed by atoms with Crippen LogP contribution in [0.25, 0.3) is 0 Å². The molecule has 0 bridgehead atoms. The lowest BCUT2D eigenvalue weighted by molar-refractivity contribution is -0.141. The Balaban J connectivity index is 1.70. The summed E-state index contributed by atoms with van der Waals surface area (Å²) in [6.07, 6.45) is 4.36. The van der Waals surface area contributed by atoms with E-state index >= 15 is 0 Å². The normalized spacial score (nSPS) is 17.0. The highest BCUT2D eigenvalue weighted by Crippen LogP contribution is 2.20. The van der Waals surface area contributed by atoms with Gasteiger partial charge in [-0.05, 0) is 30.5 Å². The van der Waals surface area contributed by atoms with Crippen molar-refractivity contribution in [2.45, 2.75) is 25.4 Å². The van der Waals surface area contributed by atoms with Crippen molar-refractivity contribution in [1.82, 2.24) is 14.7 Å². The van der Waals surface area contributed by atoms with Crippen molar-refractivity contribution in [2.24, 2.45) is 0 Å². The molecule has 7 heteroatoms. The van der Waals surface area contributed by atoms with Gasteiger partial charge in [0.05, 0.1) is 25.4 Å². The summed E-state index contributed by atoms with van der Waals surface area (Å²) in [6, 6.07) is 6.87. The summed E-state index contributed by atoms with van der Waals surface area (Å²) in [6.45, 7) is 0.999. The largest absolute Gasteiger partial charge is 0.497 e. The second-order valence-corrected chi connectivity index (χ2v) is 5.77. The lowest BCUT2D eigenvalue weighted by Crippen LogP contribution is -2.40. The maximum atomic E-state index is 12.5. The Morgan fingerprint density at radius 1 is 1.33 bits per heavy atom. The third kappa shape index (κ3) is 3.24. The maximum absolute atomic E-state index is 12.5. The Morgan fingerprint density at radius 2 is 2.08 bits per heavy atom. The van der Waals surface area contributed by atoms with E-state index in [0.717, 1.165) is 11.3 Å². The number of hydrogen-bond acceptors (Lipinski definition) is 4. The van der Waals surface area contributed by atoms with Gasteiger partial charge < -0.3 is 14.7 Å². The minimum Gasteiger partial charge on any atom is -0.497 e. The average Bonchev–Trinajstić information content (AvgIpc) is 3.24. The second kappa shape index (κ2) is 6.74. The number of likely N-dealkylation sites (tertiary alicyclic amines) is 1. The van der Waals surface area contributed by atoms with Crippen LogP contribution in [0, 0.1) is 0 Å². The standard InChI is InChI=1S/C17H19N3O4/c1-24-14-6-4-12(5-7-14)10-19-11-13(9-18-19)16(21)20-8-2-3-15(20)17(22)23/h4-7,9,11,15H,2-3,8,10H2,1H3,(H,22,23). The lowest BCUT2D eigenvalue weighted by Gasteiger charge is -2.20. The van der Waals surface area contributed by atoms with Crippen molar-refractivity contribution in [3.8, 4) is 5.75 Å². The molecule has 1 aromatic heterocycles. The number of carboxylic acid groups (broad SMARTS) is 1. The van der Waals surface area contributed by atoms with Crippen LogP contribution < -0.4 is 4.74 Å². The van der Waals surface area contributed by atoms with Crippen molar-refractivity contribution >= 4 is 11.9 Å². The molecule has 7 nitrogen and oxygen atoms in total. The van der Waals surface area contributed by atoms with Crippen LogP contribution in [0.2, 0.25) is 0 Å². The molecule has 1 fully saturated rings. The molecule has 0 saturated carbocycles. The molecule has 1 N–H and O–H groups in total. The first-order chi connectivity index (χ1) is 11.6. The van der Waals surface area contributed by atoms with Crippen LogP contribution in [0.15, 0.2) is 36.7 Å². The number of nitrogens with zero attached hydrogens (tertiary/aromatic N) is 3. The van der Waals surface area contributed by atoms with E-state index < -0.39 is 12.0 Å². The molecule has 1 saturated heterocycles. The quantitative estimate of drug-likeness (QED) is 0.901. The smallest absolute Gasteiger partial charge is 0.326 e. The molecule has 3 rings (SSSR count). The first-order valence-corrected chi connectivity index (χ1v) is 7.77. The molecular weight excluding hydrogens is 310 g/mol. The predicted molar refractivity (Wildman–Crippen MR) is 86.0 cm³/mol. The lowest BCUT2D eigenvalue weighted by atomic mass is 10.2. The molecule has 1 aliphatic rings. The van der Waals surface area contributed by atoms with Crippen LogP contribution in [-0.2, 0) is 11.3 Å². The second-order valence-electron chi connectivity index (χ2n) is 5.77. The van der Waals surface area contributed by atoms with Gasteiger partial charge in [0.2, 0.25) is 0 Å². The predicted octanol–water partition coefficient (Wildman–Crippen LogP) is 1.63. The van der Waals surface area contributed by atoms with Crippen molar-refractivity contribution in [2.75, 3.05) is 13.7 Å². The van der Waals surface area contributed by atoms with Gasteiger partial charge in [0, 0.05) is 12.7 Å². The van der Waals surface area contributed by atoms with E-state index in [1.54, 1.807) is 18.0 Å². The molecule has 1 unspecified atom stereocenters. The summed E-state index contributed by atoms with van der Waals surface area (Å²) in [4.78, 5) is 25.1. The number of carbonyl (C=O) groups excluding carboxylic acids is 1. The van der Waals surface area contributed by atoms with Gasteiger partial charge in [0.1, 0.15) is 11.8 Å². The van der Waals surface area contributed by atoms with Gasteiger partial charge in [-0.25, -0.2) is 4.79 Å². The van der Waals surface area contributed by atoms with Gasteiger partial charge in [-0.3, -0.25) is 9.48 Å². The summed E-state index contributed by atoms with van der Waals surface area (Å²) in [5.41, 5.74) is 1.44. The van der Waals surface area contributed by atoms with E-state index in [0.29, 0.717) is 31.5 Å². The fourth-order valence-electron chi connectivity index (χ4n) is 2.91. The molecule has 0 spiro atoms. The summed E-state index contributed by atoms with van der Waals surface area (Å²) in [7, 11) is 1.61. The summed E-state index contributed by atoms with van der Waals surface area (Å²) < 4.78 is 6.79. The number of rotatable bonds is 5. The molecule has 126 valence electrons. The highest BCUT2D eigenvalue weighted by Gasteiger charge is 2.34. The Bertz CT molecular complexity index is 739. The number of ether oxygens (including phenoxy) is 1. The molecule has 0 aliphatic carbocycles. The van der Waals surface area contributed by atoms with Crippen molar-refractivity contribution < 1.29 is 19.4 Å². The molecule has 1 atom stereocenters. The minimum absolute atomic E-state index is 0.277. The van der Waals surface area contributed by atoms with Crippen molar-refractivity contribution in [1.29, 1.82) is 0 Å². The SMILES string of the molecule is COc1ccc(Cn2cc(C(=O)N3CCCC3C(=O)O)cn2)cc1. The van der Waals surface area contributed by atoms with Crippen LogP contribution in [0.5, 0.6) is 5.75 Å². The van der Waals surface area contributed by atoms with Crippen LogP contribution >= 0.6 is 0 Å². The number of carbonyl (C=O) groups is 2. The molecule has 2 heterocycles. The number of hydrogen-bond donors (Lipinski definition) is 1. The van der Waals surface area contributed by atoms with E-state index in [9.17, 15) is 14.7 Å². The van der Waals surface area contributed by atoms with Crippen molar-refractivity contribution in [3.05, 3.63) is 47.8 Å². The molecule has 1 aromatic carbocycles. The number of methoxy groups -OCH3 is 1. The molecular formula is C17H19N3O4. The van der Waals surface area contributed by atoms with E-state index in [4.69, 9.17) is 4.74 Å². The number of carboxylic acids is 1. The van der Waals surface area contributed by atoms with Gasteiger partial charge in [-0.1, -0.05) is 12.1 Å². The monoisotopic (exact) mass is 329 g/mol. The van der Waals surface area contributed by atoms with Gasteiger partial charge in [0.15, 0.2) is 0 Å². The van der Waals surface area contributed by atoms with Crippen LogP contribution in [-0.4, -0.2) is 51.4 Å². The van der Waals surface area contributed by atoms with Gasteiger partial charge in [0.25, 0.3) is 5.91 Å². The topological polar surface area (TPSA) is 84.7 Å². The summed E-state index contributed by atoms with van der Waals surface area (Å²) >= 11 is 0. The first kappa shape index (κ1) is 16.0. The average molecular weight is 329 g/mol. The van der Waals surface area contributed by atoms with Gasteiger partial charge >= 0.3 is 5.97 Å². The summed E-state index contributed by atoms with van der Waals surface area (Å²) in [5, 5.41) is 13.4. The van der Waals surface area contributed by atoms with Crippen LogP contribution in [0.1, 0.15) is 28.8 Å². The van der Waals surface area contributed by atoms with Crippen LogP contribution in [0.3, 0.4) is 0 Å². The molecule has 2 aromatic rings.